The van der Waals surface area contributed by atoms with Crippen molar-refractivity contribution < 1.29 is 0 Å². The Morgan fingerprint density at radius 1 is 1.11 bits per heavy atom. The fourth-order valence-electron chi connectivity index (χ4n) is 2.85. The van der Waals surface area contributed by atoms with Crippen LogP contribution in [0.2, 0.25) is 0 Å². The van der Waals surface area contributed by atoms with Gasteiger partial charge in [0.2, 0.25) is 0 Å². The Morgan fingerprint density at radius 3 is 2.44 bits per heavy atom. The first-order valence-corrected chi connectivity index (χ1v) is 7.18. The average molecular weight is 246 g/mol. The van der Waals surface area contributed by atoms with E-state index < -0.39 is 0 Å². The van der Waals surface area contributed by atoms with Crippen molar-refractivity contribution in [1.82, 2.24) is 10.2 Å². The van der Waals surface area contributed by atoms with E-state index in [-0.39, 0.29) is 0 Å². The molecule has 0 spiro atoms. The summed E-state index contributed by atoms with van der Waals surface area (Å²) in [4.78, 5) is 2.23. The van der Waals surface area contributed by atoms with Crippen LogP contribution in [0.1, 0.15) is 36.8 Å². The maximum Gasteiger partial charge on any atom is 0.0230 e. The average Bonchev–Trinajstić information content (AvgIpc) is 2.84. The van der Waals surface area contributed by atoms with Crippen LogP contribution in [0, 0.1) is 5.92 Å². The summed E-state index contributed by atoms with van der Waals surface area (Å²) in [5.74, 6) is 0.922. The normalized spacial score (nSPS) is 16.6. The van der Waals surface area contributed by atoms with Crippen molar-refractivity contribution in [1.29, 1.82) is 0 Å². The first-order valence-electron chi connectivity index (χ1n) is 7.18. The molecule has 0 radical (unpaired) electrons. The van der Waals surface area contributed by atoms with Crippen molar-refractivity contribution >= 4 is 0 Å². The summed E-state index contributed by atoms with van der Waals surface area (Å²) in [6.07, 6.45) is 5.71. The first kappa shape index (κ1) is 13.6. The molecule has 0 aliphatic heterocycles. The lowest BCUT2D eigenvalue weighted by Crippen LogP contribution is -2.22. The van der Waals surface area contributed by atoms with Crippen LogP contribution < -0.4 is 5.32 Å². The smallest absolute Gasteiger partial charge is 0.0230 e. The molecule has 0 saturated heterocycles. The van der Waals surface area contributed by atoms with E-state index in [0.29, 0.717) is 0 Å². The standard InChI is InChI=1S/C16H26N2/c1-18(2)13-16-10-6-5-9-15(16)12-17-11-14-7-3-4-8-14/h5-6,9-10,14,17H,3-4,7-8,11-13H2,1-2H3. The largest absolute Gasteiger partial charge is 0.312 e. The lowest BCUT2D eigenvalue weighted by atomic mass is 10.1. The minimum Gasteiger partial charge on any atom is -0.312 e. The molecule has 1 aromatic rings. The van der Waals surface area contributed by atoms with Crippen LogP contribution in [-0.2, 0) is 13.1 Å². The maximum atomic E-state index is 3.64. The highest BCUT2D eigenvalue weighted by Gasteiger charge is 2.14. The Hall–Kier alpha value is -0.860. The van der Waals surface area contributed by atoms with Crippen LogP contribution in [0.4, 0.5) is 0 Å². The van der Waals surface area contributed by atoms with E-state index in [1.165, 1.54) is 43.4 Å². The lowest BCUT2D eigenvalue weighted by Gasteiger charge is -2.16. The Kier molecular flexibility index (Phi) is 5.21. The first-order chi connectivity index (χ1) is 8.75. The van der Waals surface area contributed by atoms with Crippen LogP contribution >= 0.6 is 0 Å². The van der Waals surface area contributed by atoms with Crippen molar-refractivity contribution in [3.63, 3.8) is 0 Å². The van der Waals surface area contributed by atoms with Crippen molar-refractivity contribution in [2.24, 2.45) is 5.92 Å². The predicted molar refractivity (Wildman–Crippen MR) is 77.5 cm³/mol. The Bertz CT molecular complexity index is 354. The van der Waals surface area contributed by atoms with Gasteiger partial charge in [-0.15, -0.1) is 0 Å². The number of nitrogens with zero attached hydrogens (tertiary/aromatic N) is 1. The van der Waals surface area contributed by atoms with Gasteiger partial charge in [0.25, 0.3) is 0 Å². The van der Waals surface area contributed by atoms with Crippen molar-refractivity contribution in [3.8, 4) is 0 Å². The third-order valence-corrected chi connectivity index (χ3v) is 3.83. The van der Waals surface area contributed by atoms with Crippen LogP contribution in [0.15, 0.2) is 24.3 Å². The molecule has 1 aliphatic carbocycles. The number of nitrogens with one attached hydrogen (secondary N) is 1. The van der Waals surface area contributed by atoms with Crippen molar-refractivity contribution in [2.45, 2.75) is 38.8 Å². The molecule has 100 valence electrons. The molecule has 2 rings (SSSR count). The Morgan fingerprint density at radius 2 is 1.78 bits per heavy atom. The second kappa shape index (κ2) is 6.91. The van der Waals surface area contributed by atoms with Gasteiger partial charge in [-0.3, -0.25) is 0 Å². The minimum absolute atomic E-state index is 0.922. The van der Waals surface area contributed by atoms with E-state index in [1.54, 1.807) is 0 Å². The highest BCUT2D eigenvalue weighted by atomic mass is 15.0. The summed E-state index contributed by atoms with van der Waals surface area (Å²) < 4.78 is 0. The van der Waals surface area contributed by atoms with Crippen LogP contribution in [-0.4, -0.2) is 25.5 Å². The van der Waals surface area contributed by atoms with Gasteiger partial charge in [-0.25, -0.2) is 0 Å². The molecule has 0 heterocycles. The zero-order chi connectivity index (χ0) is 12.8. The molecule has 2 heteroatoms. The molecule has 0 amide bonds. The van der Waals surface area contributed by atoms with Gasteiger partial charge in [-0.2, -0.15) is 0 Å². The molecule has 0 unspecified atom stereocenters. The zero-order valence-electron chi connectivity index (χ0n) is 11.8. The quantitative estimate of drug-likeness (QED) is 0.830. The SMILES string of the molecule is CN(C)Cc1ccccc1CNCC1CCCC1. The van der Waals surface area contributed by atoms with E-state index in [9.17, 15) is 0 Å². The molecule has 1 saturated carbocycles. The van der Waals surface area contributed by atoms with Crippen molar-refractivity contribution in [3.05, 3.63) is 35.4 Å². The van der Waals surface area contributed by atoms with E-state index in [2.05, 4.69) is 48.6 Å². The summed E-state index contributed by atoms with van der Waals surface area (Å²) in [5.41, 5.74) is 2.89. The number of hydrogen-bond acceptors (Lipinski definition) is 2. The topological polar surface area (TPSA) is 15.3 Å². The zero-order valence-corrected chi connectivity index (χ0v) is 11.8. The summed E-state index contributed by atoms with van der Waals surface area (Å²) in [6, 6.07) is 8.78. The second-order valence-electron chi connectivity index (χ2n) is 5.79. The maximum absolute atomic E-state index is 3.64. The van der Waals surface area contributed by atoms with Gasteiger partial charge < -0.3 is 10.2 Å². The minimum atomic E-state index is 0.922. The van der Waals surface area contributed by atoms with Gasteiger partial charge in [0.15, 0.2) is 0 Å². The molecule has 1 aromatic carbocycles. The third kappa shape index (κ3) is 4.11. The molecular formula is C16H26N2. The second-order valence-corrected chi connectivity index (χ2v) is 5.79. The van der Waals surface area contributed by atoms with Gasteiger partial charge in [0, 0.05) is 13.1 Å². The van der Waals surface area contributed by atoms with Gasteiger partial charge in [0.05, 0.1) is 0 Å². The molecule has 1 aliphatic rings. The monoisotopic (exact) mass is 246 g/mol. The van der Waals surface area contributed by atoms with Crippen LogP contribution in [0.3, 0.4) is 0 Å². The Labute approximate surface area is 111 Å². The van der Waals surface area contributed by atoms with Crippen LogP contribution in [0.25, 0.3) is 0 Å². The fraction of sp³-hybridized carbons (Fsp3) is 0.625. The van der Waals surface area contributed by atoms with Gasteiger partial charge >= 0.3 is 0 Å². The molecule has 0 bridgehead atoms. The van der Waals surface area contributed by atoms with E-state index >= 15 is 0 Å². The number of rotatable bonds is 6. The summed E-state index contributed by atoms with van der Waals surface area (Å²) in [5, 5.41) is 3.64. The Balaban J connectivity index is 1.83. The van der Waals surface area contributed by atoms with Gasteiger partial charge in [-0.1, -0.05) is 37.1 Å². The van der Waals surface area contributed by atoms with Crippen molar-refractivity contribution in [2.75, 3.05) is 20.6 Å². The van der Waals surface area contributed by atoms with E-state index in [0.717, 1.165) is 19.0 Å². The fourth-order valence-corrected chi connectivity index (χ4v) is 2.85. The molecule has 18 heavy (non-hydrogen) atoms. The molecule has 1 N–H and O–H groups in total. The van der Waals surface area contributed by atoms with Gasteiger partial charge in [0.1, 0.15) is 0 Å². The molecule has 2 nitrogen and oxygen atoms in total. The highest BCUT2D eigenvalue weighted by Crippen LogP contribution is 2.23. The van der Waals surface area contributed by atoms with E-state index in [4.69, 9.17) is 0 Å². The van der Waals surface area contributed by atoms with Gasteiger partial charge in [-0.05, 0) is 50.5 Å². The summed E-state index contributed by atoms with van der Waals surface area (Å²) >= 11 is 0. The summed E-state index contributed by atoms with van der Waals surface area (Å²) in [6.45, 7) is 3.23. The number of hydrogen-bond donors (Lipinski definition) is 1. The molecule has 0 atom stereocenters. The summed E-state index contributed by atoms with van der Waals surface area (Å²) in [7, 11) is 4.26. The van der Waals surface area contributed by atoms with E-state index in [1.807, 2.05) is 0 Å². The third-order valence-electron chi connectivity index (χ3n) is 3.83. The molecular weight excluding hydrogens is 220 g/mol. The highest BCUT2D eigenvalue weighted by molar-refractivity contribution is 5.26. The molecule has 0 aromatic heterocycles. The van der Waals surface area contributed by atoms with Crippen LogP contribution in [0.5, 0.6) is 0 Å². The number of benzene rings is 1. The lowest BCUT2D eigenvalue weighted by molar-refractivity contribution is 0.399. The molecule has 1 fully saturated rings. The predicted octanol–water partition coefficient (Wildman–Crippen LogP) is 3.03.